The monoisotopic (exact) mass is 181 g/mol. The number of rotatable bonds is 6. The topological polar surface area (TPSA) is 21.3 Å². The molecule has 0 aromatic rings. The van der Waals surface area contributed by atoms with E-state index in [2.05, 4.69) is 11.9 Å². The predicted molar refractivity (Wildman–Crippen MR) is 53.8 cm³/mol. The fourth-order valence-corrected chi connectivity index (χ4v) is 1.40. The molecule has 2 aliphatic carbocycles. The zero-order chi connectivity index (χ0) is 9.10. The molecule has 0 aromatic heterocycles. The highest BCUT2D eigenvalue weighted by Gasteiger charge is 2.21. The molecule has 2 saturated carbocycles. The van der Waals surface area contributed by atoms with Crippen LogP contribution in [0, 0.1) is 0 Å². The van der Waals surface area contributed by atoms with Gasteiger partial charge in [-0.1, -0.05) is 6.58 Å². The first-order valence-electron chi connectivity index (χ1n) is 5.36. The van der Waals surface area contributed by atoms with Crippen LogP contribution in [-0.4, -0.2) is 25.3 Å². The van der Waals surface area contributed by atoms with Crippen LogP contribution in [0.2, 0.25) is 0 Å². The van der Waals surface area contributed by atoms with Gasteiger partial charge >= 0.3 is 0 Å². The zero-order valence-electron chi connectivity index (χ0n) is 8.22. The highest BCUT2D eigenvalue weighted by atomic mass is 16.5. The van der Waals surface area contributed by atoms with Crippen LogP contribution in [0.15, 0.2) is 12.2 Å². The van der Waals surface area contributed by atoms with Crippen molar-refractivity contribution in [3.05, 3.63) is 12.2 Å². The summed E-state index contributed by atoms with van der Waals surface area (Å²) < 4.78 is 5.65. The molecule has 0 aliphatic heterocycles. The molecule has 13 heavy (non-hydrogen) atoms. The lowest BCUT2D eigenvalue weighted by molar-refractivity contribution is 0.0148. The van der Waals surface area contributed by atoms with E-state index < -0.39 is 0 Å². The second-order valence-electron chi connectivity index (χ2n) is 4.27. The third-order valence-corrected chi connectivity index (χ3v) is 2.79. The van der Waals surface area contributed by atoms with Crippen LogP contribution in [0.25, 0.3) is 0 Å². The summed E-state index contributed by atoms with van der Waals surface area (Å²) in [7, 11) is 0. The molecule has 2 fully saturated rings. The summed E-state index contributed by atoms with van der Waals surface area (Å²) in [4.78, 5) is 0. The molecule has 0 aromatic carbocycles. The number of nitrogens with one attached hydrogen (secondary N) is 1. The second kappa shape index (κ2) is 4.25. The molecular formula is C11H19NO. The van der Waals surface area contributed by atoms with Crippen molar-refractivity contribution < 1.29 is 4.74 Å². The van der Waals surface area contributed by atoms with Gasteiger partial charge in [-0.25, -0.2) is 0 Å². The van der Waals surface area contributed by atoms with Gasteiger partial charge in [-0.3, -0.25) is 0 Å². The van der Waals surface area contributed by atoms with Gasteiger partial charge in [-0.05, 0) is 37.7 Å². The summed E-state index contributed by atoms with van der Waals surface area (Å²) in [5.41, 5.74) is 1.19. The highest BCUT2D eigenvalue weighted by Crippen LogP contribution is 2.22. The molecule has 0 bridgehead atoms. The molecule has 2 heteroatoms. The van der Waals surface area contributed by atoms with Crippen molar-refractivity contribution >= 4 is 0 Å². The van der Waals surface area contributed by atoms with E-state index in [1.165, 1.54) is 37.7 Å². The van der Waals surface area contributed by atoms with Crippen molar-refractivity contribution in [2.45, 2.75) is 44.2 Å². The van der Waals surface area contributed by atoms with Crippen LogP contribution in [0.1, 0.15) is 32.1 Å². The Morgan fingerprint density at radius 3 is 2.62 bits per heavy atom. The quantitative estimate of drug-likeness (QED) is 0.632. The predicted octanol–water partition coefficient (Wildman–Crippen LogP) is 1.86. The van der Waals surface area contributed by atoms with Crippen LogP contribution in [0.3, 0.4) is 0 Å². The fourth-order valence-electron chi connectivity index (χ4n) is 1.40. The van der Waals surface area contributed by atoms with Crippen LogP contribution in [-0.2, 0) is 4.74 Å². The minimum absolute atomic E-state index is 0.540. The van der Waals surface area contributed by atoms with Gasteiger partial charge < -0.3 is 10.1 Å². The molecule has 1 N–H and O–H groups in total. The van der Waals surface area contributed by atoms with E-state index in [1.54, 1.807) is 0 Å². The van der Waals surface area contributed by atoms with Crippen molar-refractivity contribution in [3.63, 3.8) is 0 Å². The molecular weight excluding hydrogens is 162 g/mol. The van der Waals surface area contributed by atoms with Gasteiger partial charge in [0.1, 0.15) is 0 Å². The van der Waals surface area contributed by atoms with Gasteiger partial charge in [0.15, 0.2) is 0 Å². The van der Waals surface area contributed by atoms with Gasteiger partial charge in [0, 0.05) is 12.6 Å². The maximum absolute atomic E-state index is 5.65. The average molecular weight is 181 g/mol. The van der Waals surface area contributed by atoms with Gasteiger partial charge in [-0.2, -0.15) is 0 Å². The molecule has 74 valence electrons. The molecule has 0 unspecified atom stereocenters. The van der Waals surface area contributed by atoms with Crippen LogP contribution in [0.4, 0.5) is 0 Å². The third kappa shape index (κ3) is 3.12. The Labute approximate surface area is 80.4 Å². The summed E-state index contributed by atoms with van der Waals surface area (Å²) in [6, 6.07) is 0.778. The van der Waals surface area contributed by atoms with Gasteiger partial charge in [0.05, 0.1) is 12.7 Å². The Morgan fingerprint density at radius 1 is 1.31 bits per heavy atom. The molecule has 0 atom stereocenters. The van der Waals surface area contributed by atoms with Crippen LogP contribution >= 0.6 is 0 Å². The number of hydrogen-bond acceptors (Lipinski definition) is 2. The maximum Gasteiger partial charge on any atom is 0.0690 e. The summed E-state index contributed by atoms with van der Waals surface area (Å²) in [6.45, 7) is 5.69. The summed E-state index contributed by atoms with van der Waals surface area (Å²) in [6.07, 6.45) is 7.08. The van der Waals surface area contributed by atoms with E-state index in [1.807, 2.05) is 0 Å². The van der Waals surface area contributed by atoms with E-state index in [0.717, 1.165) is 19.2 Å². The normalized spacial score (nSPS) is 22.8. The minimum atomic E-state index is 0.540. The second-order valence-corrected chi connectivity index (χ2v) is 4.27. The number of hydrogen-bond donors (Lipinski definition) is 1. The number of ether oxygens (including phenoxy) is 1. The van der Waals surface area contributed by atoms with E-state index in [0.29, 0.717) is 6.10 Å². The lowest BCUT2D eigenvalue weighted by Gasteiger charge is -2.25. The maximum atomic E-state index is 5.65. The molecule has 2 aliphatic rings. The molecule has 0 heterocycles. The Morgan fingerprint density at radius 2 is 2.08 bits per heavy atom. The van der Waals surface area contributed by atoms with Crippen LogP contribution in [0.5, 0.6) is 0 Å². The molecule has 0 radical (unpaired) electrons. The third-order valence-electron chi connectivity index (χ3n) is 2.79. The van der Waals surface area contributed by atoms with E-state index in [4.69, 9.17) is 4.74 Å². The van der Waals surface area contributed by atoms with E-state index in [-0.39, 0.29) is 0 Å². The first kappa shape index (κ1) is 9.22. The Balaban J connectivity index is 1.49. The smallest absolute Gasteiger partial charge is 0.0690 e. The SMILES string of the molecule is C=C(CNC1CC1)COC1CCC1. The van der Waals surface area contributed by atoms with Crippen molar-refractivity contribution in [1.82, 2.24) is 5.32 Å². The fraction of sp³-hybridized carbons (Fsp3) is 0.818. The molecule has 0 saturated heterocycles. The Bertz CT molecular complexity index is 183. The average Bonchev–Trinajstić information content (AvgIpc) is 2.80. The highest BCUT2D eigenvalue weighted by molar-refractivity contribution is 4.99. The molecule has 2 nitrogen and oxygen atoms in total. The van der Waals surface area contributed by atoms with E-state index in [9.17, 15) is 0 Å². The first-order valence-corrected chi connectivity index (χ1v) is 5.36. The van der Waals surface area contributed by atoms with E-state index >= 15 is 0 Å². The van der Waals surface area contributed by atoms with Gasteiger partial charge in [-0.15, -0.1) is 0 Å². The summed E-state index contributed by atoms with van der Waals surface area (Å²) in [5, 5.41) is 3.44. The first-order chi connectivity index (χ1) is 6.34. The largest absolute Gasteiger partial charge is 0.374 e. The standard InChI is InChI=1S/C11H19NO/c1-9(7-12-10-5-6-10)8-13-11-3-2-4-11/h10-12H,1-8H2. The lowest BCUT2D eigenvalue weighted by Crippen LogP contribution is -2.25. The van der Waals surface area contributed by atoms with Crippen molar-refractivity contribution in [1.29, 1.82) is 0 Å². The van der Waals surface area contributed by atoms with Crippen LogP contribution < -0.4 is 5.32 Å². The Hall–Kier alpha value is -0.340. The van der Waals surface area contributed by atoms with Crippen molar-refractivity contribution in [2.75, 3.05) is 13.2 Å². The zero-order valence-corrected chi connectivity index (χ0v) is 8.22. The van der Waals surface area contributed by atoms with Crippen molar-refractivity contribution in [2.24, 2.45) is 0 Å². The van der Waals surface area contributed by atoms with Gasteiger partial charge in [0.25, 0.3) is 0 Å². The van der Waals surface area contributed by atoms with Gasteiger partial charge in [0.2, 0.25) is 0 Å². The molecule has 0 amide bonds. The summed E-state index contributed by atoms with van der Waals surface area (Å²) in [5.74, 6) is 0. The molecule has 2 rings (SSSR count). The minimum Gasteiger partial charge on any atom is -0.374 e. The summed E-state index contributed by atoms with van der Waals surface area (Å²) >= 11 is 0. The molecule has 0 spiro atoms. The Kier molecular flexibility index (Phi) is 3.01. The lowest BCUT2D eigenvalue weighted by atomic mass is 9.96. The van der Waals surface area contributed by atoms with Crippen molar-refractivity contribution in [3.8, 4) is 0 Å².